The minimum atomic E-state index is -0.523. The summed E-state index contributed by atoms with van der Waals surface area (Å²) in [6.07, 6.45) is 5.43. The van der Waals surface area contributed by atoms with E-state index in [0.29, 0.717) is 5.82 Å². The number of nitrogen functional groups attached to an aromatic ring is 1. The molecule has 0 atom stereocenters. The molecule has 30 heavy (non-hydrogen) atoms. The van der Waals surface area contributed by atoms with Gasteiger partial charge in [0, 0.05) is 40.9 Å². The molecular weight excluding hydrogens is 400 g/mol. The third kappa shape index (κ3) is 3.40. The van der Waals surface area contributed by atoms with Gasteiger partial charge in [0.25, 0.3) is 0 Å². The summed E-state index contributed by atoms with van der Waals surface area (Å²) in [4.78, 5) is 22.9. The molecule has 0 saturated carbocycles. The third-order valence-electron chi connectivity index (χ3n) is 4.95. The molecule has 1 aromatic carbocycles. The summed E-state index contributed by atoms with van der Waals surface area (Å²) < 4.78 is 2.19. The molecule has 0 radical (unpaired) electrons. The molecule has 0 fully saturated rings. The maximum atomic E-state index is 9.65. The van der Waals surface area contributed by atoms with E-state index in [0.717, 1.165) is 68.9 Å². The number of primary amides is 1. The zero-order chi connectivity index (χ0) is 21.3. The van der Waals surface area contributed by atoms with Gasteiger partial charge in [0.05, 0.1) is 16.6 Å². The molecule has 0 aliphatic carbocycles. The number of aryl methyl sites for hydroxylation is 1. The molecule has 3 aromatic heterocycles. The van der Waals surface area contributed by atoms with E-state index in [2.05, 4.69) is 44.0 Å². The standard InChI is InChI=1S/C19H15N5.C3H4ClNO/c1-11-6-7-24-17(11)15(16-18(20)22-10-23-19(16)24)13-8-12-4-2-3-5-14(12)21-9-13;4-2-1-3(5)6/h2-5,8-10H,1,6-7H2,(H2,20,22,23);1-2H,(H2,5,6)/b;2-1+. The second-order valence-corrected chi connectivity index (χ2v) is 7.05. The number of benzene rings is 1. The molecule has 4 aromatic rings. The number of rotatable bonds is 2. The number of nitrogens with zero attached hydrogens (tertiary/aromatic N) is 4. The number of hydrogen-bond acceptors (Lipinski definition) is 5. The van der Waals surface area contributed by atoms with Crippen LogP contribution in [0.25, 0.3) is 38.6 Å². The summed E-state index contributed by atoms with van der Waals surface area (Å²) in [5.41, 5.74) is 18.0. The van der Waals surface area contributed by atoms with Gasteiger partial charge in [0.15, 0.2) is 0 Å². The number of anilines is 1. The summed E-state index contributed by atoms with van der Waals surface area (Å²) in [6, 6.07) is 10.2. The number of fused-ring (bicyclic) bond motifs is 4. The Balaban J connectivity index is 0.000000322. The lowest BCUT2D eigenvalue weighted by atomic mass is 9.99. The predicted octanol–water partition coefficient (Wildman–Crippen LogP) is 3.87. The van der Waals surface area contributed by atoms with Crippen molar-refractivity contribution in [3.8, 4) is 11.1 Å². The Kier molecular flexibility index (Phi) is 5.20. The SMILES string of the molecule is C=C1CCn2c1c(-c1cnc3ccccc3c1)c1c(N)ncnc12.NC(=O)/C=C/Cl. The lowest BCUT2D eigenvalue weighted by Crippen LogP contribution is -2.04. The quantitative estimate of drug-likeness (QED) is 0.480. The Hall–Kier alpha value is -3.71. The first-order valence-corrected chi connectivity index (χ1v) is 9.67. The normalized spacial score (nSPS) is 12.9. The highest BCUT2D eigenvalue weighted by Crippen LogP contribution is 2.43. The van der Waals surface area contributed by atoms with Gasteiger partial charge >= 0.3 is 0 Å². The van der Waals surface area contributed by atoms with E-state index in [9.17, 15) is 4.79 Å². The van der Waals surface area contributed by atoms with Gasteiger partial charge in [-0.05, 0) is 24.1 Å². The number of halogens is 1. The van der Waals surface area contributed by atoms with E-state index >= 15 is 0 Å². The number of hydrogen-bond donors (Lipinski definition) is 2. The van der Waals surface area contributed by atoms with Crippen molar-refractivity contribution < 1.29 is 4.79 Å². The molecule has 0 unspecified atom stereocenters. The topological polar surface area (TPSA) is 113 Å². The number of para-hydroxylation sites is 1. The van der Waals surface area contributed by atoms with Crippen LogP contribution in [0.2, 0.25) is 0 Å². The zero-order valence-corrected chi connectivity index (χ0v) is 16.8. The number of aromatic nitrogens is 4. The van der Waals surface area contributed by atoms with Crippen molar-refractivity contribution in [3.05, 3.63) is 66.7 Å². The predicted molar refractivity (Wildman–Crippen MR) is 121 cm³/mol. The fraction of sp³-hybridized carbons (Fsp3) is 0.0909. The Morgan fingerprint density at radius 3 is 2.77 bits per heavy atom. The van der Waals surface area contributed by atoms with Crippen LogP contribution >= 0.6 is 11.6 Å². The third-order valence-corrected chi connectivity index (χ3v) is 5.07. The Labute approximate surface area is 177 Å². The van der Waals surface area contributed by atoms with Crippen molar-refractivity contribution >= 4 is 50.8 Å². The maximum Gasteiger partial charge on any atom is 0.242 e. The fourth-order valence-corrected chi connectivity index (χ4v) is 3.82. The average molecular weight is 419 g/mol. The van der Waals surface area contributed by atoms with E-state index in [1.54, 1.807) is 0 Å². The van der Waals surface area contributed by atoms with Crippen LogP contribution in [0, 0.1) is 0 Å². The summed E-state index contributed by atoms with van der Waals surface area (Å²) in [5, 5.41) is 1.99. The smallest absolute Gasteiger partial charge is 0.242 e. The molecular formula is C22H19ClN6O. The van der Waals surface area contributed by atoms with Gasteiger partial charge in [-0.3, -0.25) is 9.78 Å². The molecule has 4 N–H and O–H groups in total. The van der Waals surface area contributed by atoms with E-state index < -0.39 is 5.91 Å². The maximum absolute atomic E-state index is 9.65. The van der Waals surface area contributed by atoms with Crippen LogP contribution in [-0.2, 0) is 11.3 Å². The van der Waals surface area contributed by atoms with E-state index in [1.807, 2.05) is 24.4 Å². The molecule has 150 valence electrons. The lowest BCUT2D eigenvalue weighted by Gasteiger charge is -2.06. The molecule has 8 heteroatoms. The summed E-state index contributed by atoms with van der Waals surface area (Å²) in [7, 11) is 0. The Morgan fingerprint density at radius 2 is 2.03 bits per heavy atom. The van der Waals surface area contributed by atoms with Gasteiger partial charge in [-0.25, -0.2) is 9.97 Å². The number of carbonyl (C=O) groups excluding carboxylic acids is 1. The fourth-order valence-electron chi connectivity index (χ4n) is 3.69. The zero-order valence-electron chi connectivity index (χ0n) is 16.0. The molecule has 0 saturated heterocycles. The van der Waals surface area contributed by atoms with Crippen molar-refractivity contribution in [2.24, 2.45) is 5.73 Å². The number of amides is 1. The van der Waals surface area contributed by atoms with Gasteiger partial charge < -0.3 is 16.0 Å². The minimum absolute atomic E-state index is 0.498. The molecule has 1 aliphatic heterocycles. The monoisotopic (exact) mass is 418 g/mol. The minimum Gasteiger partial charge on any atom is -0.383 e. The molecule has 0 bridgehead atoms. The van der Waals surface area contributed by atoms with Gasteiger partial charge in [-0.2, -0.15) is 0 Å². The van der Waals surface area contributed by atoms with Crippen LogP contribution in [0.4, 0.5) is 5.82 Å². The summed E-state index contributed by atoms with van der Waals surface area (Å²) >= 11 is 4.92. The van der Waals surface area contributed by atoms with Crippen LogP contribution in [0.3, 0.4) is 0 Å². The highest BCUT2D eigenvalue weighted by atomic mass is 35.5. The second kappa shape index (κ2) is 7.96. The number of nitrogens with two attached hydrogens (primary N) is 2. The van der Waals surface area contributed by atoms with E-state index in [1.165, 1.54) is 6.33 Å². The van der Waals surface area contributed by atoms with Crippen LogP contribution in [0.15, 0.2) is 61.0 Å². The molecule has 5 rings (SSSR count). The van der Waals surface area contributed by atoms with Gasteiger partial charge in [0.2, 0.25) is 5.91 Å². The molecule has 1 aliphatic rings. The van der Waals surface area contributed by atoms with Crippen molar-refractivity contribution in [2.45, 2.75) is 13.0 Å². The number of pyridine rings is 1. The molecule has 1 amide bonds. The van der Waals surface area contributed by atoms with E-state index in [-0.39, 0.29) is 0 Å². The van der Waals surface area contributed by atoms with Crippen molar-refractivity contribution in [2.75, 3.05) is 5.73 Å². The summed E-state index contributed by atoms with van der Waals surface area (Å²) in [6.45, 7) is 5.12. The number of carbonyl (C=O) groups is 1. The van der Waals surface area contributed by atoms with Crippen LogP contribution in [0.1, 0.15) is 12.1 Å². The highest BCUT2D eigenvalue weighted by Gasteiger charge is 2.27. The van der Waals surface area contributed by atoms with Gasteiger partial charge in [0.1, 0.15) is 17.8 Å². The van der Waals surface area contributed by atoms with Gasteiger partial charge in [-0.1, -0.05) is 36.4 Å². The van der Waals surface area contributed by atoms with Crippen molar-refractivity contribution in [3.63, 3.8) is 0 Å². The summed E-state index contributed by atoms with van der Waals surface area (Å²) in [5.74, 6) is -0.0251. The first-order valence-electron chi connectivity index (χ1n) is 9.23. The Bertz CT molecular complexity index is 1320. The van der Waals surface area contributed by atoms with Crippen molar-refractivity contribution in [1.82, 2.24) is 19.5 Å². The van der Waals surface area contributed by atoms with E-state index in [4.69, 9.17) is 17.3 Å². The largest absolute Gasteiger partial charge is 0.383 e. The van der Waals surface area contributed by atoms with Gasteiger partial charge in [-0.15, -0.1) is 0 Å². The molecule has 0 spiro atoms. The van der Waals surface area contributed by atoms with Crippen LogP contribution < -0.4 is 11.5 Å². The average Bonchev–Trinajstić information content (AvgIpc) is 3.27. The van der Waals surface area contributed by atoms with Crippen LogP contribution in [-0.4, -0.2) is 25.4 Å². The van der Waals surface area contributed by atoms with Crippen molar-refractivity contribution in [1.29, 1.82) is 0 Å². The highest BCUT2D eigenvalue weighted by molar-refractivity contribution is 6.26. The first kappa shape index (κ1) is 19.6. The molecule has 7 nitrogen and oxygen atoms in total. The number of allylic oxidation sites excluding steroid dienone is 1. The second-order valence-electron chi connectivity index (χ2n) is 6.80. The Morgan fingerprint density at radius 1 is 1.23 bits per heavy atom. The first-order chi connectivity index (χ1) is 14.5. The van der Waals surface area contributed by atoms with Crippen LogP contribution in [0.5, 0.6) is 0 Å². The molecule has 4 heterocycles. The lowest BCUT2D eigenvalue weighted by molar-refractivity contribution is -0.113.